The maximum Gasteiger partial charge on any atom is 0.139 e. The molecule has 2 N–H and O–H groups in total. The number of carbonyl (C=O) groups excluding carboxylic acids is 1. The van der Waals surface area contributed by atoms with E-state index >= 15 is 0 Å². The molecule has 18 heavy (non-hydrogen) atoms. The fourth-order valence-corrected chi connectivity index (χ4v) is 2.82. The monoisotopic (exact) mass is 269 g/mol. The lowest BCUT2D eigenvalue weighted by atomic mass is 9.90. The summed E-state index contributed by atoms with van der Waals surface area (Å²) in [6, 6.07) is 4.12. The summed E-state index contributed by atoms with van der Waals surface area (Å²) in [4.78, 5) is 12.0. The highest BCUT2D eigenvalue weighted by molar-refractivity contribution is 6.31. The molecule has 0 aromatic heterocycles. The molecule has 0 aliphatic heterocycles. The van der Waals surface area contributed by atoms with E-state index in [4.69, 9.17) is 17.3 Å². The van der Waals surface area contributed by atoms with Crippen LogP contribution in [0.25, 0.3) is 0 Å². The molecule has 1 aromatic carbocycles. The predicted octanol–water partition coefficient (Wildman–Crippen LogP) is 3.25. The molecule has 0 unspecified atom stereocenters. The van der Waals surface area contributed by atoms with Gasteiger partial charge in [-0.05, 0) is 30.5 Å². The minimum atomic E-state index is -0.387. The van der Waals surface area contributed by atoms with Crippen molar-refractivity contribution in [2.24, 2.45) is 5.73 Å². The Kier molecular flexibility index (Phi) is 4.03. The van der Waals surface area contributed by atoms with Gasteiger partial charge in [-0.2, -0.15) is 0 Å². The van der Waals surface area contributed by atoms with Crippen LogP contribution in [-0.2, 0) is 11.2 Å². The first kappa shape index (κ1) is 13.5. The van der Waals surface area contributed by atoms with E-state index in [2.05, 4.69) is 0 Å². The summed E-state index contributed by atoms with van der Waals surface area (Å²) in [7, 11) is 0. The third kappa shape index (κ3) is 3.30. The molecule has 4 heteroatoms. The van der Waals surface area contributed by atoms with Crippen molar-refractivity contribution in [2.45, 2.75) is 44.1 Å². The lowest BCUT2D eigenvalue weighted by molar-refractivity contribution is -0.119. The molecular formula is C14H17ClFNO. The standard InChI is InChI=1S/C14H17ClFNO/c15-13-8-11(16)4-3-10(13)7-12(18)9-14(17)5-1-2-6-14/h3-4,8H,1-2,5-7,9,17H2. The molecule has 2 rings (SSSR count). The fraction of sp³-hybridized carbons (Fsp3) is 0.500. The molecular weight excluding hydrogens is 253 g/mol. The highest BCUT2D eigenvalue weighted by Crippen LogP contribution is 2.31. The van der Waals surface area contributed by atoms with Crippen LogP contribution < -0.4 is 5.73 Å². The first-order valence-corrected chi connectivity index (χ1v) is 6.61. The smallest absolute Gasteiger partial charge is 0.139 e. The second kappa shape index (κ2) is 5.37. The van der Waals surface area contributed by atoms with Crippen LogP contribution in [0, 0.1) is 5.82 Å². The number of rotatable bonds is 4. The van der Waals surface area contributed by atoms with Gasteiger partial charge in [0.1, 0.15) is 11.6 Å². The van der Waals surface area contributed by atoms with Gasteiger partial charge in [-0.1, -0.05) is 30.5 Å². The van der Waals surface area contributed by atoms with Crippen molar-refractivity contribution in [3.8, 4) is 0 Å². The van der Waals surface area contributed by atoms with E-state index < -0.39 is 0 Å². The summed E-state index contributed by atoms with van der Waals surface area (Å²) in [5, 5.41) is 0.306. The van der Waals surface area contributed by atoms with Gasteiger partial charge in [0, 0.05) is 23.4 Å². The number of nitrogens with two attached hydrogens (primary N) is 1. The van der Waals surface area contributed by atoms with Crippen LogP contribution in [0.15, 0.2) is 18.2 Å². The summed E-state index contributed by atoms with van der Waals surface area (Å²) < 4.78 is 12.9. The van der Waals surface area contributed by atoms with E-state index in [1.165, 1.54) is 12.1 Å². The zero-order valence-electron chi connectivity index (χ0n) is 10.2. The predicted molar refractivity (Wildman–Crippen MR) is 70.1 cm³/mol. The summed E-state index contributed by atoms with van der Waals surface area (Å²) in [5.41, 5.74) is 6.50. The first-order chi connectivity index (χ1) is 8.48. The van der Waals surface area contributed by atoms with E-state index in [9.17, 15) is 9.18 Å². The molecule has 0 radical (unpaired) electrons. The number of Topliss-reactive ketones (excluding diaryl/α,β-unsaturated/α-hetero) is 1. The molecule has 2 nitrogen and oxygen atoms in total. The topological polar surface area (TPSA) is 43.1 Å². The average Bonchev–Trinajstić information content (AvgIpc) is 2.69. The Balaban J connectivity index is 1.98. The third-order valence-corrected chi connectivity index (χ3v) is 3.90. The van der Waals surface area contributed by atoms with Gasteiger partial charge in [-0.25, -0.2) is 4.39 Å². The molecule has 1 aromatic rings. The number of benzene rings is 1. The third-order valence-electron chi connectivity index (χ3n) is 3.55. The summed E-state index contributed by atoms with van der Waals surface area (Å²) in [5.74, 6) is -0.310. The fourth-order valence-electron chi connectivity index (χ4n) is 2.59. The zero-order valence-corrected chi connectivity index (χ0v) is 11.0. The normalized spacial score (nSPS) is 17.9. The second-order valence-electron chi connectivity index (χ2n) is 5.20. The van der Waals surface area contributed by atoms with E-state index in [-0.39, 0.29) is 23.6 Å². The molecule has 1 fully saturated rings. The quantitative estimate of drug-likeness (QED) is 0.912. The van der Waals surface area contributed by atoms with Crippen molar-refractivity contribution in [3.63, 3.8) is 0 Å². The Morgan fingerprint density at radius 3 is 2.67 bits per heavy atom. The molecule has 98 valence electrons. The van der Waals surface area contributed by atoms with Gasteiger partial charge in [-0.3, -0.25) is 4.79 Å². The number of halogens is 2. The molecule has 0 amide bonds. The van der Waals surface area contributed by atoms with Gasteiger partial charge < -0.3 is 5.73 Å². The molecule has 0 atom stereocenters. The van der Waals surface area contributed by atoms with Crippen LogP contribution in [0.1, 0.15) is 37.7 Å². The van der Waals surface area contributed by atoms with Crippen molar-refractivity contribution in [1.82, 2.24) is 0 Å². The van der Waals surface area contributed by atoms with Crippen LogP contribution in [-0.4, -0.2) is 11.3 Å². The number of carbonyl (C=O) groups is 1. The SMILES string of the molecule is NC1(CC(=O)Cc2ccc(F)cc2Cl)CCCC1. The van der Waals surface area contributed by atoms with Gasteiger partial charge in [0.05, 0.1) is 0 Å². The van der Waals surface area contributed by atoms with Crippen molar-refractivity contribution in [3.05, 3.63) is 34.6 Å². The minimum absolute atomic E-state index is 0.0768. The largest absolute Gasteiger partial charge is 0.325 e. The number of ketones is 1. The summed E-state index contributed by atoms with van der Waals surface area (Å²) in [6.07, 6.45) is 4.65. The van der Waals surface area contributed by atoms with Crippen LogP contribution in [0.2, 0.25) is 5.02 Å². The molecule has 0 saturated heterocycles. The summed E-state index contributed by atoms with van der Waals surface area (Å²) in [6.45, 7) is 0. The van der Waals surface area contributed by atoms with Gasteiger partial charge in [0.2, 0.25) is 0 Å². The summed E-state index contributed by atoms with van der Waals surface area (Å²) >= 11 is 5.90. The van der Waals surface area contributed by atoms with Crippen molar-refractivity contribution < 1.29 is 9.18 Å². The number of hydrogen-bond acceptors (Lipinski definition) is 2. The van der Waals surface area contributed by atoms with E-state index in [0.29, 0.717) is 17.0 Å². The van der Waals surface area contributed by atoms with E-state index in [1.807, 2.05) is 0 Å². The Morgan fingerprint density at radius 2 is 2.06 bits per heavy atom. The van der Waals surface area contributed by atoms with Crippen LogP contribution >= 0.6 is 11.6 Å². The minimum Gasteiger partial charge on any atom is -0.325 e. The zero-order chi connectivity index (χ0) is 13.2. The molecule has 0 spiro atoms. The lowest BCUT2D eigenvalue weighted by Gasteiger charge is -2.22. The molecule has 1 saturated carbocycles. The molecule has 0 bridgehead atoms. The van der Waals surface area contributed by atoms with Crippen molar-refractivity contribution in [2.75, 3.05) is 0 Å². The van der Waals surface area contributed by atoms with Crippen molar-refractivity contribution in [1.29, 1.82) is 0 Å². The second-order valence-corrected chi connectivity index (χ2v) is 5.60. The lowest BCUT2D eigenvalue weighted by Crippen LogP contribution is -2.39. The molecule has 1 aliphatic rings. The number of hydrogen-bond donors (Lipinski definition) is 1. The van der Waals surface area contributed by atoms with E-state index in [0.717, 1.165) is 25.7 Å². The Hall–Kier alpha value is -0.930. The van der Waals surface area contributed by atoms with Gasteiger partial charge in [0.15, 0.2) is 0 Å². The maximum atomic E-state index is 12.9. The first-order valence-electron chi connectivity index (χ1n) is 6.23. The molecule has 0 heterocycles. The van der Waals surface area contributed by atoms with Crippen molar-refractivity contribution >= 4 is 17.4 Å². The van der Waals surface area contributed by atoms with E-state index in [1.54, 1.807) is 6.07 Å². The van der Waals surface area contributed by atoms with Crippen LogP contribution in [0.4, 0.5) is 4.39 Å². The van der Waals surface area contributed by atoms with Crippen LogP contribution in [0.3, 0.4) is 0 Å². The van der Waals surface area contributed by atoms with Gasteiger partial charge in [-0.15, -0.1) is 0 Å². The average molecular weight is 270 g/mol. The Bertz CT molecular complexity index is 455. The highest BCUT2D eigenvalue weighted by atomic mass is 35.5. The van der Waals surface area contributed by atoms with Gasteiger partial charge >= 0.3 is 0 Å². The molecule has 1 aliphatic carbocycles. The maximum absolute atomic E-state index is 12.9. The van der Waals surface area contributed by atoms with Crippen LogP contribution in [0.5, 0.6) is 0 Å². The van der Waals surface area contributed by atoms with Gasteiger partial charge in [0.25, 0.3) is 0 Å². The Labute approximate surface area is 111 Å². The highest BCUT2D eigenvalue weighted by Gasteiger charge is 2.31. The Morgan fingerprint density at radius 1 is 1.39 bits per heavy atom.